The predicted octanol–water partition coefficient (Wildman–Crippen LogP) is 0.0740. The second-order valence-electron chi connectivity index (χ2n) is 18.0. The second kappa shape index (κ2) is 29.7. The van der Waals surface area contributed by atoms with Gasteiger partial charge in [-0.05, 0) is 72.4 Å². The van der Waals surface area contributed by atoms with Crippen molar-refractivity contribution < 1.29 is 93.0 Å². The van der Waals surface area contributed by atoms with Crippen molar-refractivity contribution in [2.75, 3.05) is 63.0 Å². The smallest absolute Gasteiger partial charge is 0.364 e. The van der Waals surface area contributed by atoms with Crippen molar-refractivity contribution in [2.45, 2.75) is 100.0 Å². The largest absolute Gasteiger partial charge is 0.496 e. The van der Waals surface area contributed by atoms with E-state index in [4.69, 9.17) is 23.7 Å². The summed E-state index contributed by atoms with van der Waals surface area (Å²) in [6, 6.07) is 17.4. The van der Waals surface area contributed by atoms with E-state index in [1.54, 1.807) is 37.4 Å². The van der Waals surface area contributed by atoms with E-state index in [9.17, 15) is 69.3 Å². The highest BCUT2D eigenvalue weighted by molar-refractivity contribution is 7.99. The van der Waals surface area contributed by atoms with Gasteiger partial charge >= 0.3 is 11.9 Å². The minimum Gasteiger partial charge on any atom is -0.496 e. The maximum atomic E-state index is 13.0. The van der Waals surface area contributed by atoms with E-state index in [0.717, 1.165) is 18.1 Å². The number of nitrogens with one attached hydrogen (secondary N) is 5. The maximum Gasteiger partial charge on any atom is 0.364 e. The van der Waals surface area contributed by atoms with Crippen molar-refractivity contribution in [3.63, 3.8) is 0 Å². The van der Waals surface area contributed by atoms with Crippen molar-refractivity contribution in [3.05, 3.63) is 89.5 Å². The fraction of sp³-hybridized carbons (Fsp3) is 0.510. The molecule has 2 aliphatic heterocycles. The van der Waals surface area contributed by atoms with Crippen LogP contribution in [-0.2, 0) is 38.1 Å². The van der Waals surface area contributed by atoms with Gasteiger partial charge in [0.1, 0.15) is 24.0 Å². The highest BCUT2D eigenvalue weighted by Crippen LogP contribution is 2.35. The van der Waals surface area contributed by atoms with Crippen LogP contribution in [0.15, 0.2) is 72.8 Å². The molecule has 2 fully saturated rings. The Morgan fingerprint density at radius 1 is 0.636 bits per heavy atom. The molecule has 2 heterocycles. The maximum absolute atomic E-state index is 13.0. The summed E-state index contributed by atoms with van der Waals surface area (Å²) in [4.78, 5) is 86.6. The number of carboxylic acid groups (broad SMARTS) is 2. The zero-order valence-corrected chi connectivity index (χ0v) is 44.2. The number of rotatable bonds is 29. The number of carboxylic acids is 2. The van der Waals surface area contributed by atoms with Gasteiger partial charge in [-0.15, -0.1) is 0 Å². The molecule has 77 heavy (non-hydrogen) atoms. The first-order chi connectivity index (χ1) is 36.7. The van der Waals surface area contributed by atoms with Gasteiger partial charge in [0, 0.05) is 80.1 Å². The molecular formula is C51H67N5O19S2. The number of benzene rings is 3. The summed E-state index contributed by atoms with van der Waals surface area (Å²) < 4.78 is 27.6. The summed E-state index contributed by atoms with van der Waals surface area (Å²) in [6.45, 7) is 2.14. The molecule has 422 valence electrons. The van der Waals surface area contributed by atoms with E-state index in [1.165, 1.54) is 54.7 Å². The number of hydrogen-bond acceptors (Lipinski definition) is 19. The van der Waals surface area contributed by atoms with E-state index in [-0.39, 0.29) is 37.1 Å². The standard InChI is InChI=1S/C51H67N5O19S2/c1-29(57)55-40-36(59)26-50(48(67)68,74-43(40)42(62)38(61)28-54-46(65)34-12-10-31(11-13-34)35-8-4-5-9-39(35)71-3)72-20-6-22-76-24-18-52-44(63)32-14-16-33(17-15-32)45(64)53-19-25-77-23-7-21-73-51(49(69)70)27-37(60)41(47(66)75-51)56-30(2)58/h4-5,8-17,36-38,40-43,47,59-62,66H,6-7,18-28H2,1-3H3,(H,52,63)(H,53,64)(H,54,65)(H,55,57)(H,56,58)(H,67,68)(H,69,70)/t36-,37-,38+,40+,41+,42+,43+,47+,50+,51+/m0/s1. The van der Waals surface area contributed by atoms with Crippen LogP contribution in [0.4, 0.5) is 0 Å². The van der Waals surface area contributed by atoms with Crippen LogP contribution in [0.3, 0.4) is 0 Å². The molecule has 5 rings (SSSR count). The molecule has 10 atom stereocenters. The molecule has 2 aliphatic rings. The number of para-hydroxylation sites is 1. The Hall–Kier alpha value is -5.91. The monoisotopic (exact) mass is 1120 g/mol. The lowest BCUT2D eigenvalue weighted by molar-refractivity contribution is -0.332. The van der Waals surface area contributed by atoms with Crippen molar-refractivity contribution in [1.29, 1.82) is 0 Å². The van der Waals surface area contributed by atoms with Gasteiger partial charge in [0.25, 0.3) is 29.3 Å². The molecule has 3 aromatic rings. The Kier molecular flexibility index (Phi) is 23.9. The van der Waals surface area contributed by atoms with E-state index in [2.05, 4.69) is 26.6 Å². The van der Waals surface area contributed by atoms with Crippen molar-refractivity contribution in [3.8, 4) is 16.9 Å². The van der Waals surface area contributed by atoms with E-state index in [1.807, 2.05) is 18.2 Å². The molecule has 2 saturated heterocycles. The van der Waals surface area contributed by atoms with Gasteiger partial charge < -0.3 is 86.0 Å². The zero-order chi connectivity index (χ0) is 56.3. The first kappa shape index (κ1) is 61.9. The Labute approximate surface area is 452 Å². The Morgan fingerprint density at radius 3 is 1.57 bits per heavy atom. The summed E-state index contributed by atoms with van der Waals surface area (Å²) in [7, 11) is 1.55. The Morgan fingerprint density at radius 2 is 1.09 bits per heavy atom. The number of amides is 5. The third-order valence-corrected chi connectivity index (χ3v) is 14.4. The van der Waals surface area contributed by atoms with Gasteiger partial charge in [0.15, 0.2) is 6.29 Å². The number of methoxy groups -OCH3 is 1. The average molecular weight is 1120 g/mol. The van der Waals surface area contributed by atoms with Gasteiger partial charge in [0.2, 0.25) is 11.8 Å². The molecule has 0 saturated carbocycles. The van der Waals surface area contributed by atoms with Crippen LogP contribution < -0.4 is 31.3 Å². The lowest BCUT2D eigenvalue weighted by Gasteiger charge is -2.46. The van der Waals surface area contributed by atoms with Crippen LogP contribution in [0.25, 0.3) is 11.1 Å². The van der Waals surface area contributed by atoms with Crippen LogP contribution >= 0.6 is 23.5 Å². The molecular weight excluding hydrogens is 1050 g/mol. The van der Waals surface area contributed by atoms with Gasteiger partial charge in [0.05, 0.1) is 44.7 Å². The first-order valence-electron chi connectivity index (χ1n) is 24.6. The fourth-order valence-electron chi connectivity index (χ4n) is 8.33. The molecule has 24 nitrogen and oxygen atoms in total. The summed E-state index contributed by atoms with van der Waals surface area (Å²) >= 11 is 2.89. The van der Waals surface area contributed by atoms with Crippen LogP contribution in [0.5, 0.6) is 5.75 Å². The number of ether oxygens (including phenoxy) is 5. The summed E-state index contributed by atoms with van der Waals surface area (Å²) in [5.74, 6) is -7.81. The third-order valence-electron chi connectivity index (χ3n) is 12.3. The highest BCUT2D eigenvalue weighted by atomic mass is 32.2. The Bertz CT molecular complexity index is 2460. The first-order valence-corrected chi connectivity index (χ1v) is 26.9. The quantitative estimate of drug-likeness (QED) is 0.0409. The normalized spacial score (nSPS) is 23.8. The van der Waals surface area contributed by atoms with Gasteiger partial charge in [-0.25, -0.2) is 9.59 Å². The highest BCUT2D eigenvalue weighted by Gasteiger charge is 2.56. The average Bonchev–Trinajstić information content (AvgIpc) is 3.41. The lowest BCUT2D eigenvalue weighted by Crippen LogP contribution is -2.68. The number of carbonyl (C=O) groups excluding carboxylic acids is 5. The molecule has 0 unspecified atom stereocenters. The van der Waals surface area contributed by atoms with Gasteiger partial charge in [-0.2, -0.15) is 23.5 Å². The summed E-state index contributed by atoms with van der Waals surface area (Å²) in [5, 5.41) is 86.8. The lowest BCUT2D eigenvalue weighted by atomic mass is 9.88. The number of thioether (sulfide) groups is 2. The molecule has 5 amide bonds. The number of aliphatic hydroxyl groups excluding tert-OH is 5. The van der Waals surface area contributed by atoms with Crippen LogP contribution in [0.2, 0.25) is 0 Å². The number of aliphatic carboxylic acids is 2. The van der Waals surface area contributed by atoms with Crippen LogP contribution in [0, 0.1) is 0 Å². The molecule has 0 bridgehead atoms. The number of aliphatic hydroxyl groups is 5. The van der Waals surface area contributed by atoms with Crippen LogP contribution in [-0.4, -0.2) is 201 Å². The van der Waals surface area contributed by atoms with E-state index >= 15 is 0 Å². The SMILES string of the molecule is COc1ccccc1-c1ccc(C(=O)NC[C@@H](O)[C@@H](O)[C@@H]2O[C@@](OCCCSCCNC(=O)c3ccc(C(=O)NCCSCCCO[C@]4(C(=O)O)C[C@H](O)[C@@H](NC(C)=O)[C@H](O)O4)cc3)(C(=O)O)C[C@H](O)[C@H]2NC(C)=O)cc1. The van der Waals surface area contributed by atoms with Crippen molar-refractivity contribution in [1.82, 2.24) is 26.6 Å². The third kappa shape index (κ3) is 17.5. The summed E-state index contributed by atoms with van der Waals surface area (Å²) in [6.07, 6.45) is -10.7. The van der Waals surface area contributed by atoms with Crippen molar-refractivity contribution >= 4 is 65.0 Å². The molecule has 0 spiro atoms. The van der Waals surface area contributed by atoms with Gasteiger partial charge in [-0.3, -0.25) is 24.0 Å². The Balaban J connectivity index is 0.979. The predicted molar refractivity (Wildman–Crippen MR) is 279 cm³/mol. The topological polar surface area (TPSA) is 367 Å². The molecule has 12 N–H and O–H groups in total. The number of carbonyl (C=O) groups is 7. The van der Waals surface area contributed by atoms with E-state index < -0.39 is 110 Å². The zero-order valence-electron chi connectivity index (χ0n) is 42.6. The molecule has 0 aromatic heterocycles. The second-order valence-corrected chi connectivity index (χ2v) is 20.4. The van der Waals surface area contributed by atoms with Crippen molar-refractivity contribution in [2.24, 2.45) is 0 Å². The molecule has 0 radical (unpaired) electrons. The molecule has 26 heteroatoms. The van der Waals surface area contributed by atoms with Gasteiger partial charge in [-0.1, -0.05) is 30.3 Å². The fourth-order valence-corrected chi connectivity index (χ4v) is 9.87. The minimum absolute atomic E-state index is 0.0725. The van der Waals surface area contributed by atoms with E-state index in [0.29, 0.717) is 59.3 Å². The molecule has 3 aromatic carbocycles. The minimum atomic E-state index is -2.48. The summed E-state index contributed by atoms with van der Waals surface area (Å²) in [5.41, 5.74) is 2.49. The van der Waals surface area contributed by atoms with Crippen LogP contribution in [0.1, 0.15) is 70.6 Å². The molecule has 0 aliphatic carbocycles. The number of hydrogen-bond donors (Lipinski definition) is 12.